The van der Waals surface area contributed by atoms with E-state index in [2.05, 4.69) is 17.0 Å². The number of halogens is 1. The number of likely N-dealkylation sites (N-methyl/N-ethyl adjacent to an activating group) is 1. The maximum absolute atomic E-state index is 13.2. The minimum absolute atomic E-state index is 0. The molecule has 8 heteroatoms. The Morgan fingerprint density at radius 3 is 2.27 bits per heavy atom. The number of nitrogens with zero attached hydrogens (tertiary/aromatic N) is 2. The largest absolute Gasteiger partial charge is 0.493 e. The van der Waals surface area contributed by atoms with E-state index in [9.17, 15) is 9.90 Å². The molecule has 2 atom stereocenters. The summed E-state index contributed by atoms with van der Waals surface area (Å²) in [6.07, 6.45) is 1.41. The van der Waals surface area contributed by atoms with E-state index in [-0.39, 0.29) is 30.5 Å². The van der Waals surface area contributed by atoms with Crippen LogP contribution in [-0.4, -0.2) is 74.9 Å². The Kier molecular flexibility index (Phi) is 10.3. The van der Waals surface area contributed by atoms with Gasteiger partial charge in [0.15, 0.2) is 11.5 Å². The molecule has 1 heterocycles. The topological polar surface area (TPSA) is 71.5 Å². The van der Waals surface area contributed by atoms with Crippen LogP contribution in [-0.2, 0) is 11.2 Å². The molecule has 1 amide bonds. The molecule has 0 radical (unpaired) electrons. The maximum atomic E-state index is 13.2. The third-order valence-electron chi connectivity index (χ3n) is 6.08. The lowest BCUT2D eigenvalue weighted by molar-refractivity contribution is -0.132. The molecule has 3 rings (SSSR count). The maximum Gasteiger partial charge on any atom is 0.223 e. The van der Waals surface area contributed by atoms with Gasteiger partial charge in [0.1, 0.15) is 0 Å². The number of aliphatic hydroxyl groups excluding tert-OH is 1. The van der Waals surface area contributed by atoms with Gasteiger partial charge in [0, 0.05) is 33.1 Å². The van der Waals surface area contributed by atoms with Gasteiger partial charge in [0.2, 0.25) is 11.7 Å². The van der Waals surface area contributed by atoms with Crippen LogP contribution in [0.1, 0.15) is 30.0 Å². The number of hydrogen-bond donors (Lipinski definition) is 1. The van der Waals surface area contributed by atoms with Crippen molar-refractivity contribution in [2.45, 2.75) is 31.4 Å². The minimum Gasteiger partial charge on any atom is -0.493 e. The Morgan fingerprint density at radius 1 is 1.12 bits per heavy atom. The molecule has 1 aliphatic rings. The van der Waals surface area contributed by atoms with E-state index in [1.165, 1.54) is 0 Å². The molecule has 0 aromatic heterocycles. The van der Waals surface area contributed by atoms with E-state index < -0.39 is 0 Å². The molecule has 0 aliphatic carbocycles. The standard InChI is InChI=1S/C25H34N2O5.ClH/c1-26(21(19-8-6-5-7-9-19)17-27-13-12-20(28)16-27)24(29)11-10-18-14-22(30-2)25(32-4)23(15-18)31-3;/h5-9,14-15,20-21,28H,10-13,16-17H2,1-4H3;1H/t20-,21+;/m0./s1. The van der Waals surface area contributed by atoms with E-state index in [1.54, 1.807) is 21.3 Å². The van der Waals surface area contributed by atoms with Crippen LogP contribution in [0.2, 0.25) is 0 Å². The average Bonchev–Trinajstić information content (AvgIpc) is 3.24. The van der Waals surface area contributed by atoms with Gasteiger partial charge in [0.05, 0.1) is 33.5 Å². The molecule has 1 saturated heterocycles. The molecule has 1 fully saturated rings. The van der Waals surface area contributed by atoms with Crippen molar-refractivity contribution in [2.75, 3.05) is 48.0 Å². The summed E-state index contributed by atoms with van der Waals surface area (Å²) in [5.74, 6) is 1.77. The zero-order valence-corrected chi connectivity index (χ0v) is 20.6. The van der Waals surface area contributed by atoms with Gasteiger partial charge in [-0.25, -0.2) is 0 Å². The van der Waals surface area contributed by atoms with E-state index in [0.717, 1.165) is 24.1 Å². The second-order valence-corrected chi connectivity index (χ2v) is 8.17. The first-order valence-electron chi connectivity index (χ1n) is 11.0. The number of aliphatic hydroxyl groups is 1. The van der Waals surface area contributed by atoms with Crippen molar-refractivity contribution in [1.29, 1.82) is 0 Å². The van der Waals surface area contributed by atoms with Gasteiger partial charge >= 0.3 is 0 Å². The van der Waals surface area contributed by atoms with Gasteiger partial charge in [-0.3, -0.25) is 9.69 Å². The summed E-state index contributed by atoms with van der Waals surface area (Å²) >= 11 is 0. The Balaban J connectivity index is 0.00000385. The quantitative estimate of drug-likeness (QED) is 0.564. The molecular formula is C25H35ClN2O5. The lowest BCUT2D eigenvalue weighted by Gasteiger charge is -2.32. The SMILES string of the molecule is COc1cc(CCC(=O)N(C)[C@H](CN2CC[C@H](O)C2)c2ccccc2)cc(OC)c1OC.Cl. The summed E-state index contributed by atoms with van der Waals surface area (Å²) in [4.78, 5) is 17.2. The van der Waals surface area contributed by atoms with Crippen molar-refractivity contribution in [3.8, 4) is 17.2 Å². The van der Waals surface area contributed by atoms with Crippen molar-refractivity contribution in [3.63, 3.8) is 0 Å². The van der Waals surface area contributed by atoms with Crippen molar-refractivity contribution in [2.24, 2.45) is 0 Å². The predicted molar refractivity (Wildman–Crippen MR) is 131 cm³/mol. The summed E-state index contributed by atoms with van der Waals surface area (Å²) in [7, 11) is 6.60. The predicted octanol–water partition coefficient (Wildman–Crippen LogP) is 3.33. The van der Waals surface area contributed by atoms with Gasteiger partial charge < -0.3 is 24.2 Å². The van der Waals surface area contributed by atoms with Crippen LogP contribution in [0.25, 0.3) is 0 Å². The number of hydrogen-bond acceptors (Lipinski definition) is 6. The van der Waals surface area contributed by atoms with Gasteiger partial charge in [0.25, 0.3) is 0 Å². The summed E-state index contributed by atoms with van der Waals surface area (Å²) < 4.78 is 16.2. The zero-order valence-electron chi connectivity index (χ0n) is 19.8. The highest BCUT2D eigenvalue weighted by Gasteiger charge is 2.28. The van der Waals surface area contributed by atoms with Crippen LogP contribution >= 0.6 is 12.4 Å². The molecule has 0 unspecified atom stereocenters. The summed E-state index contributed by atoms with van der Waals surface area (Å²) in [6.45, 7) is 2.20. The second-order valence-electron chi connectivity index (χ2n) is 8.17. The molecule has 0 spiro atoms. The van der Waals surface area contributed by atoms with Crippen LogP contribution in [0.4, 0.5) is 0 Å². The van der Waals surface area contributed by atoms with Gasteiger partial charge in [-0.05, 0) is 36.1 Å². The Bertz CT molecular complexity index is 871. The molecule has 1 N–H and O–H groups in total. The summed E-state index contributed by atoms with van der Waals surface area (Å²) in [5.41, 5.74) is 2.04. The Morgan fingerprint density at radius 2 is 1.76 bits per heavy atom. The first kappa shape index (κ1) is 26.8. The molecule has 182 valence electrons. The summed E-state index contributed by atoms with van der Waals surface area (Å²) in [6, 6.07) is 13.8. The minimum atomic E-state index is -0.285. The van der Waals surface area contributed by atoms with Crippen LogP contribution < -0.4 is 14.2 Å². The summed E-state index contributed by atoms with van der Waals surface area (Å²) in [5, 5.41) is 9.91. The molecule has 2 aromatic carbocycles. The van der Waals surface area contributed by atoms with Gasteiger partial charge in [-0.15, -0.1) is 12.4 Å². The lowest BCUT2D eigenvalue weighted by Crippen LogP contribution is -2.39. The fourth-order valence-corrected chi connectivity index (χ4v) is 4.23. The fourth-order valence-electron chi connectivity index (χ4n) is 4.23. The molecule has 7 nitrogen and oxygen atoms in total. The normalized spacial score (nSPS) is 16.6. The van der Waals surface area contributed by atoms with E-state index in [0.29, 0.717) is 43.2 Å². The van der Waals surface area contributed by atoms with Crippen molar-refractivity contribution >= 4 is 18.3 Å². The van der Waals surface area contributed by atoms with Gasteiger partial charge in [-0.2, -0.15) is 0 Å². The third kappa shape index (κ3) is 6.76. The smallest absolute Gasteiger partial charge is 0.223 e. The van der Waals surface area contributed by atoms with E-state index in [1.807, 2.05) is 42.3 Å². The number of ether oxygens (including phenoxy) is 3. The highest BCUT2D eigenvalue weighted by atomic mass is 35.5. The van der Waals surface area contributed by atoms with Crippen LogP contribution in [0.3, 0.4) is 0 Å². The molecule has 0 saturated carbocycles. The molecule has 2 aromatic rings. The van der Waals surface area contributed by atoms with Crippen molar-refractivity contribution in [1.82, 2.24) is 9.80 Å². The number of rotatable bonds is 10. The first-order chi connectivity index (χ1) is 15.5. The highest BCUT2D eigenvalue weighted by molar-refractivity contribution is 5.85. The number of likely N-dealkylation sites (tertiary alicyclic amines) is 1. The Labute approximate surface area is 202 Å². The van der Waals surface area contributed by atoms with Crippen LogP contribution in [0, 0.1) is 0 Å². The molecular weight excluding hydrogens is 444 g/mol. The number of carbonyl (C=O) groups is 1. The molecule has 1 aliphatic heterocycles. The molecule has 0 bridgehead atoms. The van der Waals surface area contributed by atoms with Crippen molar-refractivity contribution in [3.05, 3.63) is 53.6 Å². The van der Waals surface area contributed by atoms with Gasteiger partial charge in [-0.1, -0.05) is 30.3 Å². The van der Waals surface area contributed by atoms with Crippen molar-refractivity contribution < 1.29 is 24.1 Å². The Hall–Kier alpha value is -2.48. The average molecular weight is 479 g/mol. The second kappa shape index (κ2) is 12.7. The fraction of sp³-hybridized carbons (Fsp3) is 0.480. The number of aryl methyl sites for hydroxylation is 1. The number of methoxy groups -OCH3 is 3. The number of β-amino-alcohol motifs (C(OH)–C–C–N with tert-alkyl or cyclic N) is 1. The molecule has 33 heavy (non-hydrogen) atoms. The van der Waals surface area contributed by atoms with E-state index in [4.69, 9.17) is 14.2 Å². The van der Waals surface area contributed by atoms with Crippen LogP contribution in [0.15, 0.2) is 42.5 Å². The monoisotopic (exact) mass is 478 g/mol. The van der Waals surface area contributed by atoms with Crippen LogP contribution in [0.5, 0.6) is 17.2 Å². The zero-order chi connectivity index (χ0) is 23.1. The number of carbonyl (C=O) groups excluding carboxylic acids is 1. The number of benzene rings is 2. The first-order valence-corrected chi connectivity index (χ1v) is 11.0. The number of amides is 1. The highest BCUT2D eigenvalue weighted by Crippen LogP contribution is 2.38. The van der Waals surface area contributed by atoms with E-state index >= 15 is 0 Å². The third-order valence-corrected chi connectivity index (χ3v) is 6.08. The lowest BCUT2D eigenvalue weighted by atomic mass is 10.0.